The van der Waals surface area contributed by atoms with Gasteiger partial charge in [-0.05, 0) is 75.0 Å². The molecule has 0 bridgehead atoms. The molecule has 0 aromatic carbocycles. The molecular formula is C21H34FN3O6S2. The summed E-state index contributed by atoms with van der Waals surface area (Å²) in [7, 11) is -7.31. The van der Waals surface area contributed by atoms with Gasteiger partial charge >= 0.3 is 10.2 Å². The number of carbonyl (C=O) groups excluding carboxylic acids is 1. The van der Waals surface area contributed by atoms with Gasteiger partial charge in [0.05, 0.1) is 23.9 Å². The number of piperidine rings is 1. The highest BCUT2D eigenvalue weighted by atomic mass is 32.2. The summed E-state index contributed by atoms with van der Waals surface area (Å²) in [5, 5.41) is 10.4. The summed E-state index contributed by atoms with van der Waals surface area (Å²) in [5.74, 6) is -0.560. The molecule has 0 aromatic heterocycles. The molecule has 5 rings (SSSR count). The number of carbonyl (C=O) groups is 1. The van der Waals surface area contributed by atoms with Crippen LogP contribution >= 0.6 is 0 Å². The van der Waals surface area contributed by atoms with E-state index in [4.69, 9.17) is 0 Å². The lowest BCUT2D eigenvalue weighted by atomic mass is 9.63. The number of aliphatic hydroxyl groups excluding tert-OH is 1. The predicted molar refractivity (Wildman–Crippen MR) is 118 cm³/mol. The van der Waals surface area contributed by atoms with Crippen molar-refractivity contribution in [1.82, 2.24) is 13.3 Å². The number of rotatable bonds is 5. The maximum absolute atomic E-state index is 15.7. The Balaban J connectivity index is 1.24. The zero-order valence-corrected chi connectivity index (χ0v) is 20.3. The summed E-state index contributed by atoms with van der Waals surface area (Å²) in [6.07, 6.45) is 4.14. The van der Waals surface area contributed by atoms with Gasteiger partial charge in [0, 0.05) is 13.1 Å². The van der Waals surface area contributed by atoms with E-state index in [2.05, 4.69) is 0 Å². The van der Waals surface area contributed by atoms with Crippen molar-refractivity contribution in [2.24, 2.45) is 23.7 Å². The Morgan fingerprint density at radius 2 is 1.85 bits per heavy atom. The van der Waals surface area contributed by atoms with Crippen LogP contribution in [0.4, 0.5) is 4.39 Å². The minimum Gasteiger partial charge on any atom is -0.391 e. The number of halogens is 1. The third-order valence-corrected chi connectivity index (χ3v) is 12.3. The molecule has 0 radical (unpaired) electrons. The molecule has 5 aliphatic rings. The Hall–Kier alpha value is -0.820. The first kappa shape index (κ1) is 23.9. The third kappa shape index (κ3) is 4.57. The lowest BCUT2D eigenvalue weighted by molar-refractivity contribution is -0.120. The molecule has 33 heavy (non-hydrogen) atoms. The van der Waals surface area contributed by atoms with Gasteiger partial charge in [-0.1, -0.05) is 6.42 Å². The number of nitrogens with zero attached hydrogens (tertiary/aromatic N) is 2. The number of aliphatic hydroxyl groups is 1. The van der Waals surface area contributed by atoms with Gasteiger partial charge in [-0.25, -0.2) is 21.8 Å². The number of nitrogens with one attached hydrogen (secondary N) is 1. The zero-order valence-electron chi connectivity index (χ0n) is 18.7. The molecule has 3 aliphatic carbocycles. The van der Waals surface area contributed by atoms with Crippen molar-refractivity contribution in [2.45, 2.75) is 81.4 Å². The number of sulfonamides is 1. The fourth-order valence-electron chi connectivity index (χ4n) is 6.75. The maximum Gasteiger partial charge on any atom is 0.304 e. The van der Waals surface area contributed by atoms with Gasteiger partial charge in [0.25, 0.3) is 0 Å². The molecule has 2 N–H and O–H groups in total. The van der Waals surface area contributed by atoms with Gasteiger partial charge in [-0.2, -0.15) is 12.7 Å². The lowest BCUT2D eigenvalue weighted by Gasteiger charge is -2.48. The first-order chi connectivity index (χ1) is 15.6. The van der Waals surface area contributed by atoms with E-state index < -0.39 is 51.0 Å². The second-order valence-corrected chi connectivity index (χ2v) is 14.6. The highest BCUT2D eigenvalue weighted by molar-refractivity contribution is 7.90. The predicted octanol–water partition coefficient (Wildman–Crippen LogP) is 0.761. The minimum atomic E-state index is -4.13. The second-order valence-electron chi connectivity index (χ2n) is 10.8. The van der Waals surface area contributed by atoms with Crippen LogP contribution in [-0.4, -0.2) is 79.7 Å². The van der Waals surface area contributed by atoms with E-state index in [0.717, 1.165) is 49.3 Å². The molecule has 2 saturated heterocycles. The molecule has 5 fully saturated rings. The van der Waals surface area contributed by atoms with Crippen LogP contribution in [0.5, 0.6) is 0 Å². The summed E-state index contributed by atoms with van der Waals surface area (Å²) in [6.45, 7) is 0.677. The van der Waals surface area contributed by atoms with Crippen molar-refractivity contribution in [2.75, 3.05) is 19.6 Å². The Morgan fingerprint density at radius 1 is 1.09 bits per heavy atom. The Morgan fingerprint density at radius 3 is 2.52 bits per heavy atom. The number of hydrogen-bond donors (Lipinski definition) is 2. The largest absolute Gasteiger partial charge is 0.391 e. The van der Waals surface area contributed by atoms with E-state index >= 15 is 4.39 Å². The van der Waals surface area contributed by atoms with E-state index in [1.807, 2.05) is 4.72 Å². The van der Waals surface area contributed by atoms with E-state index in [1.54, 1.807) is 4.31 Å². The lowest BCUT2D eigenvalue weighted by Crippen LogP contribution is -2.58. The summed E-state index contributed by atoms with van der Waals surface area (Å²) < 4.78 is 69.9. The molecule has 2 aliphatic heterocycles. The maximum atomic E-state index is 15.7. The van der Waals surface area contributed by atoms with Gasteiger partial charge in [-0.15, -0.1) is 0 Å². The second kappa shape index (κ2) is 8.69. The molecular weight excluding hydrogens is 473 g/mol. The monoisotopic (exact) mass is 507 g/mol. The number of amides is 1. The summed E-state index contributed by atoms with van der Waals surface area (Å²) in [4.78, 5) is 11.6. The van der Waals surface area contributed by atoms with E-state index in [0.29, 0.717) is 25.9 Å². The Kier molecular flexibility index (Phi) is 6.29. The number of alkyl halides is 1. The summed E-state index contributed by atoms with van der Waals surface area (Å²) >= 11 is 0. The standard InChI is InChI=1S/C21H34FN3O6S2/c22-20-17-9-13(8-14-2-1-7-24(11-14)32(28,29)16-5-6-16)3-4-15(17)10-18(26)21(20)25-12-19(27)23-33(25,30)31/h13-18,20-21,26H,1-12H2,(H,23,27). The average Bonchev–Trinajstić information content (AvgIpc) is 3.56. The fraction of sp³-hybridized carbons (Fsp3) is 0.952. The molecule has 7 atom stereocenters. The van der Waals surface area contributed by atoms with Gasteiger partial charge in [0.1, 0.15) is 6.17 Å². The zero-order chi connectivity index (χ0) is 23.5. The Labute approximate surface area is 195 Å². The van der Waals surface area contributed by atoms with Gasteiger partial charge < -0.3 is 5.11 Å². The molecule has 7 unspecified atom stereocenters. The first-order valence-corrected chi connectivity index (χ1v) is 15.1. The van der Waals surface area contributed by atoms with Gasteiger partial charge in [-0.3, -0.25) is 4.79 Å². The molecule has 0 spiro atoms. The molecule has 12 heteroatoms. The van der Waals surface area contributed by atoms with Crippen LogP contribution in [0.2, 0.25) is 0 Å². The topological polar surface area (TPSA) is 124 Å². The molecule has 1 amide bonds. The van der Waals surface area contributed by atoms with Crippen LogP contribution < -0.4 is 4.72 Å². The van der Waals surface area contributed by atoms with Crippen molar-refractivity contribution < 1.29 is 31.1 Å². The molecule has 188 valence electrons. The van der Waals surface area contributed by atoms with E-state index in [-0.39, 0.29) is 28.9 Å². The van der Waals surface area contributed by atoms with Crippen LogP contribution in [0.1, 0.15) is 57.8 Å². The highest BCUT2D eigenvalue weighted by Crippen LogP contribution is 2.48. The van der Waals surface area contributed by atoms with Crippen LogP contribution in [0.15, 0.2) is 0 Å². The van der Waals surface area contributed by atoms with Crippen molar-refractivity contribution in [3.63, 3.8) is 0 Å². The first-order valence-electron chi connectivity index (χ1n) is 12.2. The quantitative estimate of drug-likeness (QED) is 0.566. The van der Waals surface area contributed by atoms with Crippen molar-refractivity contribution >= 4 is 26.1 Å². The van der Waals surface area contributed by atoms with Crippen molar-refractivity contribution in [3.8, 4) is 0 Å². The van der Waals surface area contributed by atoms with Crippen LogP contribution in [-0.2, 0) is 25.0 Å². The highest BCUT2D eigenvalue weighted by Gasteiger charge is 2.54. The normalized spacial score (nSPS) is 42.6. The summed E-state index contributed by atoms with van der Waals surface area (Å²) in [5.41, 5.74) is 0. The van der Waals surface area contributed by atoms with Crippen LogP contribution in [0.25, 0.3) is 0 Å². The molecule has 9 nitrogen and oxygen atoms in total. The average molecular weight is 508 g/mol. The van der Waals surface area contributed by atoms with Crippen molar-refractivity contribution in [3.05, 3.63) is 0 Å². The number of fused-ring (bicyclic) bond motifs is 1. The SMILES string of the molecule is O=C1CN(C2C(O)CC3CCC(CC4CCCN(S(=O)(=O)C5CC5)C4)CC3C2F)S(=O)(=O)N1. The molecule has 0 aromatic rings. The van der Waals surface area contributed by atoms with Crippen molar-refractivity contribution in [1.29, 1.82) is 0 Å². The fourth-order valence-corrected chi connectivity index (χ4v) is 10.0. The Bertz CT molecular complexity index is 988. The number of hydrogen-bond acceptors (Lipinski definition) is 6. The molecule has 2 heterocycles. The minimum absolute atomic E-state index is 0.00503. The van der Waals surface area contributed by atoms with Crippen LogP contribution in [0.3, 0.4) is 0 Å². The van der Waals surface area contributed by atoms with E-state index in [9.17, 15) is 26.7 Å². The van der Waals surface area contributed by atoms with E-state index in [1.165, 1.54) is 0 Å². The summed E-state index contributed by atoms with van der Waals surface area (Å²) in [6, 6.07) is -1.25. The smallest absolute Gasteiger partial charge is 0.304 e. The van der Waals surface area contributed by atoms with Crippen LogP contribution in [0, 0.1) is 23.7 Å². The third-order valence-electron chi connectivity index (χ3n) is 8.47. The van der Waals surface area contributed by atoms with Gasteiger partial charge in [0.15, 0.2) is 0 Å². The van der Waals surface area contributed by atoms with Gasteiger partial charge in [0.2, 0.25) is 15.9 Å². The molecule has 3 saturated carbocycles.